The van der Waals surface area contributed by atoms with Crippen molar-refractivity contribution in [2.24, 2.45) is 27.9 Å². The fourth-order valence-corrected chi connectivity index (χ4v) is 6.96. The number of unbranched alkanes of at least 4 members (excludes halogenated alkanes) is 4. The maximum atomic E-state index is 13.4. The third-order valence-corrected chi connectivity index (χ3v) is 10.7. The smallest absolute Gasteiger partial charge is 0.246 e. The van der Waals surface area contributed by atoms with Gasteiger partial charge in [-0.15, -0.1) is 0 Å². The second-order valence-electron chi connectivity index (χ2n) is 15.8. The largest absolute Gasteiger partial charge is 0.370 e. The van der Waals surface area contributed by atoms with Gasteiger partial charge in [-0.05, 0) is 77.4 Å². The van der Waals surface area contributed by atoms with Crippen molar-refractivity contribution >= 4 is 42.3 Å². The van der Waals surface area contributed by atoms with Gasteiger partial charge in [-0.3, -0.25) is 34.3 Å². The molecule has 2 aromatic rings. The van der Waals surface area contributed by atoms with Crippen LogP contribution in [0.25, 0.3) is 0 Å². The highest BCUT2D eigenvalue weighted by Crippen LogP contribution is 2.38. The topological polar surface area (TPSA) is 291 Å². The summed E-state index contributed by atoms with van der Waals surface area (Å²) < 4.78 is 0. The van der Waals surface area contributed by atoms with E-state index in [4.69, 9.17) is 22.0 Å². The Morgan fingerprint density at radius 3 is 1.72 bits per heavy atom. The van der Waals surface area contributed by atoms with Gasteiger partial charge in [0.2, 0.25) is 29.5 Å². The number of aliphatic imine (C=N–C) groups is 1. The number of amides is 5. The lowest BCUT2D eigenvalue weighted by molar-refractivity contribution is -0.137. The van der Waals surface area contributed by atoms with Gasteiger partial charge in [0.25, 0.3) is 0 Å². The Labute approximate surface area is 403 Å². The number of likely N-dealkylation sites (N-methyl/N-ethyl adjacent to an activating group) is 1. The van der Waals surface area contributed by atoms with E-state index in [1.807, 2.05) is 64.0 Å². The molecule has 17 heteroatoms. The van der Waals surface area contributed by atoms with Gasteiger partial charge in [0.15, 0.2) is 5.96 Å². The van der Waals surface area contributed by atoms with Crippen molar-refractivity contribution in [1.82, 2.24) is 31.9 Å². The molecule has 2 aromatic carbocycles. The van der Waals surface area contributed by atoms with Crippen LogP contribution in [-0.2, 0) is 28.8 Å². The monoisotopic (exact) mass is 942 g/mol. The Balaban J connectivity index is -0.00000134. The van der Waals surface area contributed by atoms with E-state index in [9.17, 15) is 24.0 Å². The van der Waals surface area contributed by atoms with Crippen molar-refractivity contribution in [2.45, 2.75) is 162 Å². The van der Waals surface area contributed by atoms with E-state index >= 15 is 0 Å². The molecule has 1 saturated carbocycles. The van der Waals surface area contributed by atoms with E-state index in [-0.39, 0.29) is 50.3 Å². The molecule has 2 unspecified atom stereocenters. The number of carbonyl (C=O) groups excluding carboxylic acids is 6. The van der Waals surface area contributed by atoms with Crippen LogP contribution < -0.4 is 54.8 Å². The van der Waals surface area contributed by atoms with Crippen molar-refractivity contribution in [3.63, 3.8) is 0 Å². The molecule has 5 amide bonds. The third kappa shape index (κ3) is 30.5. The quantitative estimate of drug-likeness (QED) is 0.0712. The van der Waals surface area contributed by atoms with E-state index in [0.717, 1.165) is 32.2 Å². The number of hydrogen-bond acceptors (Lipinski definition) is 10. The van der Waals surface area contributed by atoms with Crippen LogP contribution in [0.4, 0.5) is 0 Å². The van der Waals surface area contributed by atoms with Gasteiger partial charge in [-0.2, -0.15) is 0 Å². The predicted octanol–water partition coefficient (Wildman–Crippen LogP) is 4.56. The maximum absolute atomic E-state index is 13.4. The summed E-state index contributed by atoms with van der Waals surface area (Å²) in [5, 5.41) is 17.4. The molecule has 2 atom stereocenters. The minimum Gasteiger partial charge on any atom is -0.370 e. The molecule has 1 saturated heterocycles. The van der Waals surface area contributed by atoms with Gasteiger partial charge in [0.05, 0.1) is 19.1 Å². The van der Waals surface area contributed by atoms with Gasteiger partial charge in [0.1, 0.15) is 18.0 Å². The van der Waals surface area contributed by atoms with Gasteiger partial charge in [0, 0.05) is 19.5 Å². The molecule has 0 radical (unpaired) electrons. The molecule has 4 rings (SSSR count). The first kappa shape index (κ1) is 65.9. The summed E-state index contributed by atoms with van der Waals surface area (Å²) in [6, 6.07) is 19.8. The summed E-state index contributed by atoms with van der Waals surface area (Å²) in [5.41, 5.74) is 20.4. The summed E-state index contributed by atoms with van der Waals surface area (Å²) in [7, 11) is 3.15. The molecule has 382 valence electrons. The van der Waals surface area contributed by atoms with Crippen LogP contribution >= 0.6 is 0 Å². The number of primary amides is 1. The van der Waals surface area contributed by atoms with Crippen molar-refractivity contribution in [1.29, 1.82) is 0 Å². The zero-order chi connectivity index (χ0) is 51.5. The van der Waals surface area contributed by atoms with Gasteiger partial charge in [-0.25, -0.2) is 0 Å². The first-order chi connectivity index (χ1) is 32.2. The van der Waals surface area contributed by atoms with Crippen molar-refractivity contribution in [2.75, 3.05) is 40.3 Å². The summed E-state index contributed by atoms with van der Waals surface area (Å²) in [5.74, 6) is -1.79. The number of nitrogens with one attached hydrogen (secondary N) is 6. The van der Waals surface area contributed by atoms with Crippen molar-refractivity contribution < 1.29 is 28.8 Å². The van der Waals surface area contributed by atoms with Crippen LogP contribution in [0.1, 0.15) is 148 Å². The maximum Gasteiger partial charge on any atom is 0.246 e. The van der Waals surface area contributed by atoms with Crippen LogP contribution in [0.15, 0.2) is 65.7 Å². The zero-order valence-electron chi connectivity index (χ0n) is 42.6. The van der Waals surface area contributed by atoms with Gasteiger partial charge < -0.3 is 54.3 Å². The number of nitrogens with two attached hydrogens (primary N) is 4. The van der Waals surface area contributed by atoms with Crippen LogP contribution in [0, 0.1) is 6.92 Å². The molecule has 14 N–H and O–H groups in total. The highest BCUT2D eigenvalue weighted by atomic mass is 16.2. The molecule has 2 aliphatic rings. The SMILES string of the molecule is C=O.CC.CCCCC.CCCCCC(NCC1(NC)CCC(=O)NC2(CCC(c3ccccc3)CC2)C(=O)NCC(=O)NCC(=O)N1)C(N)=O.CCCN=C(N)N.CN.Cc1ccccc1. The van der Waals surface area contributed by atoms with Gasteiger partial charge in [-0.1, -0.05) is 146 Å². The molecule has 0 aromatic heterocycles. The second kappa shape index (κ2) is 42.0. The summed E-state index contributed by atoms with van der Waals surface area (Å²) in [6.45, 7) is 16.8. The highest BCUT2D eigenvalue weighted by Gasteiger charge is 2.44. The lowest BCUT2D eigenvalue weighted by Gasteiger charge is -2.40. The molecule has 0 bridgehead atoms. The number of aryl methyl sites for hydroxylation is 1. The Morgan fingerprint density at radius 2 is 1.28 bits per heavy atom. The normalized spacial score (nSPS) is 19.4. The van der Waals surface area contributed by atoms with Gasteiger partial charge >= 0.3 is 0 Å². The van der Waals surface area contributed by atoms with E-state index in [1.165, 1.54) is 37.4 Å². The van der Waals surface area contributed by atoms with Crippen LogP contribution in [0.3, 0.4) is 0 Å². The molecule has 1 aliphatic heterocycles. The molecule has 1 aliphatic carbocycles. The number of nitrogens with zero attached hydrogens (tertiary/aromatic N) is 1. The molecule has 2 fully saturated rings. The predicted molar refractivity (Wildman–Crippen MR) is 275 cm³/mol. The molecule has 67 heavy (non-hydrogen) atoms. The molecule has 1 heterocycles. The minimum absolute atomic E-state index is 0.00335. The van der Waals surface area contributed by atoms with Crippen molar-refractivity contribution in [3.8, 4) is 0 Å². The Hall–Kier alpha value is -5.39. The lowest BCUT2D eigenvalue weighted by atomic mass is 9.73. The van der Waals surface area contributed by atoms with E-state index in [2.05, 4.69) is 94.6 Å². The Morgan fingerprint density at radius 1 is 0.746 bits per heavy atom. The minimum atomic E-state index is -1.15. The summed E-state index contributed by atoms with van der Waals surface area (Å²) >= 11 is 0. The fraction of sp³-hybridized carbons (Fsp3) is 0.620. The fourth-order valence-electron chi connectivity index (χ4n) is 6.96. The lowest BCUT2D eigenvalue weighted by Crippen LogP contribution is -2.66. The highest BCUT2D eigenvalue weighted by molar-refractivity contribution is 5.94. The van der Waals surface area contributed by atoms with Crippen molar-refractivity contribution in [3.05, 3.63) is 71.8 Å². The number of guanidine groups is 1. The standard InChI is InChI=1S/C30H47N7O5.C7H8.C5H12.C4H11N3.C2H6.CH5N.CH2O/c1-3-4-6-11-23(27(31)41)35-20-30(32-2)17-14-24(38)36-29(28(42)34-18-25(39)33-19-26(40)37-30)15-12-22(13-16-29)21-9-7-5-8-10-21;1-7-5-3-2-4-6-7;1-3-5-4-2;1-2-3-7-4(5)6;3*1-2/h5,7-10,22-23,32,35H,3-4,6,11-20H2,1-2H3,(H2,31,41)(H,33,39)(H,34,42)(H,36,38)(H,37,40);2-6H,1H3;3-5H2,1-2H3;2-3H2,1H3,(H4,5,6,7);1-2H3;2H2,1H3;1H2. The molecule has 1 spiro atoms. The molecular weight excluding hydrogens is 851 g/mol. The summed E-state index contributed by atoms with van der Waals surface area (Å²) in [4.78, 5) is 76.0. The first-order valence-electron chi connectivity index (χ1n) is 24.1. The van der Waals surface area contributed by atoms with Crippen LogP contribution in [0.5, 0.6) is 0 Å². The Bertz CT molecular complexity index is 1600. The average molecular weight is 942 g/mol. The van der Waals surface area contributed by atoms with E-state index in [0.29, 0.717) is 32.1 Å². The second-order valence-corrected chi connectivity index (χ2v) is 15.8. The van der Waals surface area contributed by atoms with Crippen LogP contribution in [-0.4, -0.2) is 99.8 Å². The molecular formula is C50H91N11O6. The number of rotatable bonds is 14. The Kier molecular flexibility index (Phi) is 41.3. The third-order valence-electron chi connectivity index (χ3n) is 10.7. The average Bonchev–Trinajstić information content (AvgIpc) is 3.35. The summed E-state index contributed by atoms with van der Waals surface area (Å²) in [6.07, 6.45) is 10.8. The zero-order valence-corrected chi connectivity index (χ0v) is 42.6. The van der Waals surface area contributed by atoms with E-state index in [1.54, 1.807) is 7.05 Å². The number of benzene rings is 2. The molecule has 17 nitrogen and oxygen atoms in total. The first-order valence-corrected chi connectivity index (χ1v) is 24.1. The van der Waals surface area contributed by atoms with E-state index < -0.39 is 40.9 Å². The van der Waals surface area contributed by atoms with Crippen LogP contribution in [0.2, 0.25) is 0 Å². The number of carbonyl (C=O) groups is 6. The number of hydrogen-bond donors (Lipinski definition) is 10.